The predicted octanol–water partition coefficient (Wildman–Crippen LogP) is 3.21. The second-order valence-corrected chi connectivity index (χ2v) is 7.96. The number of nitrogens with one attached hydrogen (secondary N) is 1. The van der Waals surface area contributed by atoms with E-state index in [0.29, 0.717) is 18.7 Å². The normalized spacial score (nSPS) is 12.6. The van der Waals surface area contributed by atoms with Crippen molar-refractivity contribution >= 4 is 22.8 Å². The summed E-state index contributed by atoms with van der Waals surface area (Å²) in [5, 5.41) is 24.6. The van der Waals surface area contributed by atoms with Crippen molar-refractivity contribution in [2.45, 2.75) is 52.6 Å². The van der Waals surface area contributed by atoms with E-state index in [1.807, 2.05) is 49.7 Å². The third kappa shape index (κ3) is 4.54. The van der Waals surface area contributed by atoms with Crippen LogP contribution in [0, 0.1) is 16.7 Å². The molecule has 3 N–H and O–H groups in total. The third-order valence-electron chi connectivity index (χ3n) is 4.63. The highest BCUT2D eigenvalue weighted by Gasteiger charge is 2.33. The van der Waals surface area contributed by atoms with Gasteiger partial charge in [0.05, 0.1) is 11.6 Å². The number of benzene rings is 1. The summed E-state index contributed by atoms with van der Waals surface area (Å²) in [6.07, 6.45) is 2.11. The number of aromatic nitrogens is 4. The van der Waals surface area contributed by atoms with Crippen LogP contribution in [0.15, 0.2) is 28.7 Å². The highest BCUT2D eigenvalue weighted by Crippen LogP contribution is 2.33. The average Bonchev–Trinajstić information content (AvgIpc) is 3.26. The van der Waals surface area contributed by atoms with E-state index in [9.17, 15) is 4.79 Å². The van der Waals surface area contributed by atoms with Crippen LogP contribution in [0.3, 0.4) is 0 Å². The first-order valence-corrected chi connectivity index (χ1v) is 9.53. The van der Waals surface area contributed by atoms with Gasteiger partial charge in [0.2, 0.25) is 5.89 Å². The van der Waals surface area contributed by atoms with Crippen LogP contribution in [-0.2, 0) is 6.54 Å². The summed E-state index contributed by atoms with van der Waals surface area (Å²) in [6.45, 7) is 6.52. The molecule has 0 aliphatic rings. The average molecular weight is 395 g/mol. The van der Waals surface area contributed by atoms with Crippen LogP contribution >= 0.6 is 0 Å². The van der Waals surface area contributed by atoms with Gasteiger partial charge in [0.15, 0.2) is 5.69 Å². The first-order chi connectivity index (χ1) is 13.8. The number of nitriles is 1. The van der Waals surface area contributed by atoms with Gasteiger partial charge in [-0.3, -0.25) is 9.48 Å². The molecule has 1 amide bonds. The highest BCUT2D eigenvalue weighted by atomic mass is 16.4. The minimum absolute atomic E-state index is 0.0457. The number of para-hydroxylation sites is 1. The van der Waals surface area contributed by atoms with Gasteiger partial charge in [-0.25, -0.2) is 0 Å². The Bertz CT molecular complexity index is 1040. The number of hydrogen-bond acceptors (Lipinski definition) is 7. The molecule has 152 valence electrons. The SMILES string of the molecule is CC(C)(C)[C@H](NC(=O)c1nn(CCCCC#N)c2ccccc12)c1nnc(N)o1. The number of nitrogens with zero attached hydrogens (tertiary/aromatic N) is 5. The zero-order valence-corrected chi connectivity index (χ0v) is 16.8. The molecule has 0 fully saturated rings. The molecule has 0 unspecified atom stereocenters. The lowest BCUT2D eigenvalue weighted by molar-refractivity contribution is 0.0881. The van der Waals surface area contributed by atoms with Gasteiger partial charge in [0, 0.05) is 18.4 Å². The Labute approximate surface area is 168 Å². The van der Waals surface area contributed by atoms with Crippen LogP contribution in [0.2, 0.25) is 0 Å². The number of aryl methyl sites for hydroxylation is 1. The summed E-state index contributed by atoms with van der Waals surface area (Å²) in [6, 6.07) is 9.17. The quantitative estimate of drug-likeness (QED) is 0.586. The molecule has 3 aromatic rings. The number of anilines is 1. The number of carbonyl (C=O) groups excluding carboxylic acids is 1. The molecule has 3 rings (SSSR count). The molecule has 9 nitrogen and oxygen atoms in total. The van der Waals surface area contributed by atoms with E-state index >= 15 is 0 Å². The Morgan fingerprint density at radius 1 is 1.31 bits per heavy atom. The first kappa shape index (κ1) is 20.3. The molecule has 0 radical (unpaired) electrons. The van der Waals surface area contributed by atoms with Crippen molar-refractivity contribution < 1.29 is 9.21 Å². The molecule has 0 aliphatic heterocycles. The molecule has 9 heteroatoms. The van der Waals surface area contributed by atoms with Crippen LogP contribution in [0.25, 0.3) is 10.9 Å². The monoisotopic (exact) mass is 395 g/mol. The number of hydrogen-bond donors (Lipinski definition) is 2. The summed E-state index contributed by atoms with van der Waals surface area (Å²) >= 11 is 0. The molecule has 1 atom stereocenters. The topological polar surface area (TPSA) is 136 Å². The van der Waals surface area contributed by atoms with Gasteiger partial charge in [-0.05, 0) is 24.3 Å². The van der Waals surface area contributed by atoms with Crippen molar-refractivity contribution in [3.8, 4) is 6.07 Å². The molecule has 2 aromatic heterocycles. The Kier molecular flexibility index (Phi) is 5.82. The molecular formula is C20H25N7O2. The Hall–Kier alpha value is -3.41. The molecule has 0 bridgehead atoms. The van der Waals surface area contributed by atoms with Gasteiger partial charge >= 0.3 is 6.01 Å². The van der Waals surface area contributed by atoms with Crippen LogP contribution < -0.4 is 11.1 Å². The Morgan fingerprint density at radius 2 is 2.07 bits per heavy atom. The molecule has 0 saturated carbocycles. The van der Waals surface area contributed by atoms with E-state index in [2.05, 4.69) is 26.7 Å². The highest BCUT2D eigenvalue weighted by molar-refractivity contribution is 6.05. The second-order valence-electron chi connectivity index (χ2n) is 7.96. The third-order valence-corrected chi connectivity index (χ3v) is 4.63. The Balaban J connectivity index is 1.89. The zero-order chi connectivity index (χ0) is 21.0. The lowest BCUT2D eigenvalue weighted by Crippen LogP contribution is -2.37. The van der Waals surface area contributed by atoms with Gasteiger partial charge < -0.3 is 15.5 Å². The number of fused-ring (bicyclic) bond motifs is 1. The van der Waals surface area contributed by atoms with Crippen molar-refractivity contribution in [2.75, 3.05) is 5.73 Å². The molecule has 0 aliphatic carbocycles. The fourth-order valence-corrected chi connectivity index (χ4v) is 3.14. The van der Waals surface area contributed by atoms with Gasteiger partial charge in [0.1, 0.15) is 6.04 Å². The lowest BCUT2D eigenvalue weighted by atomic mass is 9.86. The second kappa shape index (κ2) is 8.31. The largest absolute Gasteiger partial charge is 0.406 e. The van der Waals surface area contributed by atoms with E-state index in [1.165, 1.54) is 0 Å². The minimum Gasteiger partial charge on any atom is -0.406 e. The van der Waals surface area contributed by atoms with Crippen molar-refractivity contribution in [1.29, 1.82) is 5.26 Å². The summed E-state index contributed by atoms with van der Waals surface area (Å²) in [5.74, 6) is -0.0720. The lowest BCUT2D eigenvalue weighted by Gasteiger charge is -2.28. The maximum Gasteiger partial charge on any atom is 0.312 e. The fraction of sp³-hybridized carbons (Fsp3) is 0.450. The number of nitrogens with two attached hydrogens (primary N) is 1. The molecule has 2 heterocycles. The van der Waals surface area contributed by atoms with Crippen LogP contribution in [0.5, 0.6) is 0 Å². The van der Waals surface area contributed by atoms with Crippen LogP contribution in [0.1, 0.15) is 62.5 Å². The zero-order valence-electron chi connectivity index (χ0n) is 16.8. The van der Waals surface area contributed by atoms with Gasteiger partial charge in [-0.15, -0.1) is 5.10 Å². The summed E-state index contributed by atoms with van der Waals surface area (Å²) < 4.78 is 7.18. The number of carbonyl (C=O) groups is 1. The molecular weight excluding hydrogens is 370 g/mol. The molecule has 29 heavy (non-hydrogen) atoms. The van der Waals surface area contributed by atoms with E-state index in [-0.39, 0.29) is 23.2 Å². The van der Waals surface area contributed by atoms with Gasteiger partial charge in [0.25, 0.3) is 5.91 Å². The molecule has 1 aromatic carbocycles. The van der Waals surface area contributed by atoms with Crippen molar-refractivity contribution in [1.82, 2.24) is 25.3 Å². The van der Waals surface area contributed by atoms with Crippen molar-refractivity contribution in [3.63, 3.8) is 0 Å². The summed E-state index contributed by atoms with van der Waals surface area (Å²) in [7, 11) is 0. The van der Waals surface area contributed by atoms with E-state index in [0.717, 1.165) is 23.7 Å². The fourth-order valence-electron chi connectivity index (χ4n) is 3.14. The van der Waals surface area contributed by atoms with E-state index < -0.39 is 6.04 Å². The van der Waals surface area contributed by atoms with Crippen molar-refractivity contribution in [2.24, 2.45) is 5.41 Å². The number of nitrogen functional groups attached to an aromatic ring is 1. The summed E-state index contributed by atoms with van der Waals surface area (Å²) in [4.78, 5) is 13.1. The predicted molar refractivity (Wildman–Crippen MR) is 108 cm³/mol. The maximum absolute atomic E-state index is 13.1. The number of unbranched alkanes of at least 4 members (excludes halogenated alkanes) is 2. The summed E-state index contributed by atoms with van der Waals surface area (Å²) in [5.41, 5.74) is 6.39. The van der Waals surface area contributed by atoms with Crippen LogP contribution in [-0.4, -0.2) is 25.9 Å². The molecule has 0 saturated heterocycles. The first-order valence-electron chi connectivity index (χ1n) is 9.53. The number of amides is 1. The van der Waals surface area contributed by atoms with Crippen molar-refractivity contribution in [3.05, 3.63) is 35.9 Å². The Morgan fingerprint density at radius 3 is 2.72 bits per heavy atom. The smallest absolute Gasteiger partial charge is 0.312 e. The van der Waals surface area contributed by atoms with E-state index in [1.54, 1.807) is 0 Å². The number of rotatable bonds is 7. The van der Waals surface area contributed by atoms with Gasteiger partial charge in [-0.1, -0.05) is 44.1 Å². The van der Waals surface area contributed by atoms with Crippen LogP contribution in [0.4, 0.5) is 6.01 Å². The standard InChI is InChI=1S/C20H25N7O2/c1-20(2,3)16(18-24-25-19(22)29-18)23-17(28)15-13-9-5-6-10-14(13)27(26-15)12-8-4-7-11-21/h5-6,9-10,16H,4,7-8,12H2,1-3H3,(H2,22,25)(H,23,28)/t16-/m1/s1. The van der Waals surface area contributed by atoms with E-state index in [4.69, 9.17) is 15.4 Å². The van der Waals surface area contributed by atoms with Gasteiger partial charge in [-0.2, -0.15) is 10.4 Å². The molecule has 0 spiro atoms. The minimum atomic E-state index is -0.528. The maximum atomic E-state index is 13.1.